The number of halogens is 1. The van der Waals surface area contributed by atoms with Gasteiger partial charge in [0, 0.05) is 10.8 Å². The second kappa shape index (κ2) is 3.90. The van der Waals surface area contributed by atoms with E-state index in [0.717, 1.165) is 0 Å². The Morgan fingerprint density at radius 3 is 2.69 bits per heavy atom. The molecule has 0 fully saturated rings. The van der Waals surface area contributed by atoms with Crippen LogP contribution in [-0.4, -0.2) is 11.2 Å². The van der Waals surface area contributed by atoms with Crippen molar-refractivity contribution in [3.63, 3.8) is 0 Å². The lowest BCUT2D eigenvalue weighted by molar-refractivity contribution is 0.211. The van der Waals surface area contributed by atoms with Gasteiger partial charge in [-0.25, -0.2) is 4.79 Å². The van der Waals surface area contributed by atoms with Gasteiger partial charge in [-0.2, -0.15) is 0 Å². The second-order valence-corrected chi connectivity index (χ2v) is 3.58. The molecule has 82 valence electrons. The summed E-state index contributed by atoms with van der Waals surface area (Å²) < 4.78 is 4.81. The molecule has 0 aromatic heterocycles. The number of hydrogen-bond donors (Lipinski definition) is 2. The first-order valence-electron chi connectivity index (χ1n) is 4.47. The van der Waals surface area contributed by atoms with Crippen LogP contribution in [-0.2, 0) is 0 Å². The summed E-state index contributed by atoms with van der Waals surface area (Å²) in [6, 6.07) is 8.06. The van der Waals surface area contributed by atoms with Crippen molar-refractivity contribution in [3.8, 4) is 11.5 Å². The Kier molecular flexibility index (Phi) is 2.58. The lowest BCUT2D eigenvalue weighted by atomic mass is 10.1. The monoisotopic (exact) mass is 237 g/mol. The Bertz CT molecular complexity index is 568. The van der Waals surface area contributed by atoms with Crippen LogP contribution in [0.2, 0.25) is 5.02 Å². The van der Waals surface area contributed by atoms with Gasteiger partial charge in [0.2, 0.25) is 0 Å². The maximum atomic E-state index is 10.7. The highest BCUT2D eigenvalue weighted by molar-refractivity contribution is 6.33. The highest BCUT2D eigenvalue weighted by Crippen LogP contribution is 2.36. The topological polar surface area (TPSA) is 72.6 Å². The van der Waals surface area contributed by atoms with E-state index in [1.807, 2.05) is 0 Å². The third kappa shape index (κ3) is 1.75. The highest BCUT2D eigenvalue weighted by Gasteiger charge is 2.09. The van der Waals surface area contributed by atoms with Gasteiger partial charge in [-0.1, -0.05) is 23.7 Å². The molecule has 0 saturated carbocycles. The molecular weight excluding hydrogens is 230 g/mol. The summed E-state index contributed by atoms with van der Waals surface area (Å²) in [4.78, 5) is 10.7. The number of primary amides is 1. The van der Waals surface area contributed by atoms with Crippen molar-refractivity contribution in [2.75, 3.05) is 0 Å². The fourth-order valence-electron chi connectivity index (χ4n) is 1.48. The normalized spacial score (nSPS) is 10.3. The summed E-state index contributed by atoms with van der Waals surface area (Å²) in [6.45, 7) is 0. The number of nitrogens with two attached hydrogens (primary N) is 1. The van der Waals surface area contributed by atoms with Crippen LogP contribution < -0.4 is 10.5 Å². The third-order valence-electron chi connectivity index (χ3n) is 2.15. The van der Waals surface area contributed by atoms with Gasteiger partial charge in [0.15, 0.2) is 0 Å². The average molecular weight is 238 g/mol. The molecule has 0 unspecified atom stereocenters. The molecule has 0 atom stereocenters. The number of aromatic hydroxyl groups is 1. The van der Waals surface area contributed by atoms with E-state index in [1.54, 1.807) is 24.3 Å². The molecule has 0 aliphatic rings. The SMILES string of the molecule is NC(=O)Oc1cccc2c(O)c(Cl)ccc12. The highest BCUT2D eigenvalue weighted by atomic mass is 35.5. The van der Waals surface area contributed by atoms with Crippen LogP contribution in [0.3, 0.4) is 0 Å². The molecule has 1 amide bonds. The number of phenols is 1. The number of fused-ring (bicyclic) bond motifs is 1. The van der Waals surface area contributed by atoms with Gasteiger partial charge in [0.1, 0.15) is 11.5 Å². The summed E-state index contributed by atoms with van der Waals surface area (Å²) in [5.74, 6) is 0.242. The summed E-state index contributed by atoms with van der Waals surface area (Å²) in [6.07, 6.45) is -0.901. The fraction of sp³-hybridized carbons (Fsp3) is 0. The lowest BCUT2D eigenvalue weighted by Gasteiger charge is -2.07. The van der Waals surface area contributed by atoms with Crippen LogP contribution in [0.5, 0.6) is 11.5 Å². The number of carbonyl (C=O) groups is 1. The van der Waals surface area contributed by atoms with Crippen molar-refractivity contribution in [1.29, 1.82) is 0 Å². The molecule has 2 rings (SSSR count). The molecule has 4 nitrogen and oxygen atoms in total. The maximum Gasteiger partial charge on any atom is 0.409 e. The summed E-state index contributed by atoms with van der Waals surface area (Å²) in [5.41, 5.74) is 4.93. The predicted octanol–water partition coefficient (Wildman–Crippen LogP) is 2.66. The summed E-state index contributed by atoms with van der Waals surface area (Å²) in [5, 5.41) is 11.0. The van der Waals surface area contributed by atoms with Gasteiger partial charge in [-0.15, -0.1) is 0 Å². The lowest BCUT2D eigenvalue weighted by Crippen LogP contribution is -2.16. The first kappa shape index (κ1) is 10.6. The summed E-state index contributed by atoms with van der Waals surface area (Å²) in [7, 11) is 0. The number of phenolic OH excluding ortho intramolecular Hbond substituents is 1. The Morgan fingerprint density at radius 1 is 1.25 bits per heavy atom. The van der Waals surface area contributed by atoms with E-state index in [0.29, 0.717) is 10.8 Å². The number of benzene rings is 2. The van der Waals surface area contributed by atoms with Gasteiger partial charge < -0.3 is 15.6 Å². The van der Waals surface area contributed by atoms with E-state index in [4.69, 9.17) is 22.1 Å². The van der Waals surface area contributed by atoms with Gasteiger partial charge in [-0.05, 0) is 18.2 Å². The zero-order valence-corrected chi connectivity index (χ0v) is 8.86. The minimum atomic E-state index is -0.901. The van der Waals surface area contributed by atoms with Crippen LogP contribution in [0, 0.1) is 0 Å². The molecule has 0 heterocycles. The number of carbonyl (C=O) groups excluding carboxylic acids is 1. The van der Waals surface area contributed by atoms with Crippen molar-refractivity contribution in [2.45, 2.75) is 0 Å². The van der Waals surface area contributed by atoms with E-state index in [1.165, 1.54) is 6.07 Å². The van der Waals surface area contributed by atoms with Crippen molar-refractivity contribution >= 4 is 28.5 Å². The number of amides is 1. The fourth-order valence-corrected chi connectivity index (χ4v) is 1.65. The van der Waals surface area contributed by atoms with Crippen LogP contribution >= 0.6 is 11.6 Å². The number of ether oxygens (including phenoxy) is 1. The van der Waals surface area contributed by atoms with Crippen molar-refractivity contribution in [3.05, 3.63) is 35.4 Å². The van der Waals surface area contributed by atoms with Crippen LogP contribution in [0.4, 0.5) is 4.79 Å². The molecule has 0 spiro atoms. The minimum Gasteiger partial charge on any atom is -0.506 e. The number of hydrogen-bond acceptors (Lipinski definition) is 3. The quantitative estimate of drug-likeness (QED) is 0.801. The second-order valence-electron chi connectivity index (χ2n) is 3.17. The Labute approximate surface area is 96.2 Å². The zero-order valence-electron chi connectivity index (χ0n) is 8.11. The number of rotatable bonds is 1. The summed E-state index contributed by atoms with van der Waals surface area (Å²) >= 11 is 5.76. The molecule has 16 heavy (non-hydrogen) atoms. The Hall–Kier alpha value is -1.94. The molecule has 0 aliphatic carbocycles. The smallest absolute Gasteiger partial charge is 0.409 e. The first-order valence-corrected chi connectivity index (χ1v) is 4.85. The first-order chi connectivity index (χ1) is 7.59. The van der Waals surface area contributed by atoms with Gasteiger partial charge in [0.25, 0.3) is 0 Å². The molecule has 0 bridgehead atoms. The van der Waals surface area contributed by atoms with Gasteiger partial charge in [0.05, 0.1) is 5.02 Å². The molecule has 2 aromatic carbocycles. The van der Waals surface area contributed by atoms with Gasteiger partial charge >= 0.3 is 6.09 Å². The van der Waals surface area contributed by atoms with Crippen molar-refractivity contribution < 1.29 is 14.6 Å². The third-order valence-corrected chi connectivity index (χ3v) is 2.46. The van der Waals surface area contributed by atoms with Gasteiger partial charge in [-0.3, -0.25) is 0 Å². The molecule has 0 saturated heterocycles. The molecule has 2 aromatic rings. The largest absolute Gasteiger partial charge is 0.506 e. The Morgan fingerprint density at radius 2 is 2.00 bits per heavy atom. The standard InChI is InChI=1S/C11H8ClNO3/c12-8-5-4-6-7(10(8)14)2-1-3-9(6)16-11(13)15/h1-5,14H,(H2,13,15). The maximum absolute atomic E-state index is 10.7. The van der Waals surface area contributed by atoms with E-state index in [-0.39, 0.29) is 16.5 Å². The molecule has 0 aliphatic heterocycles. The minimum absolute atomic E-state index is 0.0471. The van der Waals surface area contributed by atoms with E-state index in [9.17, 15) is 9.90 Å². The molecular formula is C11H8ClNO3. The van der Waals surface area contributed by atoms with Crippen molar-refractivity contribution in [2.24, 2.45) is 5.73 Å². The molecule has 5 heteroatoms. The van der Waals surface area contributed by atoms with Crippen LogP contribution in [0.15, 0.2) is 30.3 Å². The van der Waals surface area contributed by atoms with E-state index in [2.05, 4.69) is 0 Å². The molecule has 3 N–H and O–H groups in total. The predicted molar refractivity (Wildman–Crippen MR) is 60.8 cm³/mol. The Balaban J connectivity index is 2.69. The van der Waals surface area contributed by atoms with E-state index < -0.39 is 6.09 Å². The van der Waals surface area contributed by atoms with E-state index >= 15 is 0 Å². The average Bonchev–Trinajstić information content (AvgIpc) is 2.23. The molecule has 0 radical (unpaired) electrons. The van der Waals surface area contributed by atoms with Crippen LogP contribution in [0.25, 0.3) is 10.8 Å². The van der Waals surface area contributed by atoms with Crippen molar-refractivity contribution in [1.82, 2.24) is 0 Å². The zero-order chi connectivity index (χ0) is 11.7. The van der Waals surface area contributed by atoms with Crippen LogP contribution in [0.1, 0.15) is 0 Å².